The molecule has 0 aliphatic carbocycles. The molecule has 0 saturated heterocycles. The molecule has 0 amide bonds. The summed E-state index contributed by atoms with van der Waals surface area (Å²) in [5.41, 5.74) is 1.55. The number of hydrogen-bond donors (Lipinski definition) is 2. The molecule has 2 aromatic rings. The van der Waals surface area contributed by atoms with Gasteiger partial charge >= 0.3 is 0 Å². The molecule has 24 heavy (non-hydrogen) atoms. The molecule has 3 N–H and O–H groups in total. The van der Waals surface area contributed by atoms with E-state index < -0.39 is 10.0 Å². The lowest BCUT2D eigenvalue weighted by molar-refractivity contribution is 0.314. The molecule has 0 radical (unpaired) electrons. The first-order valence-electron chi connectivity index (χ1n) is 7.28. The first kappa shape index (κ1) is 18.9. The summed E-state index contributed by atoms with van der Waals surface area (Å²) in [6, 6.07) is 9.58. The zero-order valence-corrected chi connectivity index (χ0v) is 15.4. The molecule has 0 aromatic heterocycles. The lowest BCUT2D eigenvalue weighted by Gasteiger charge is -2.15. The van der Waals surface area contributed by atoms with Crippen LogP contribution in [0.3, 0.4) is 0 Å². The summed E-state index contributed by atoms with van der Waals surface area (Å²) in [5, 5.41) is 9.23. The van der Waals surface area contributed by atoms with E-state index in [1.807, 2.05) is 6.92 Å². The van der Waals surface area contributed by atoms with E-state index in [2.05, 4.69) is 5.32 Å². The summed E-state index contributed by atoms with van der Waals surface area (Å²) >= 11 is 12.3. The van der Waals surface area contributed by atoms with E-state index in [4.69, 9.17) is 33.1 Å². The summed E-state index contributed by atoms with van der Waals surface area (Å²) < 4.78 is 28.2. The van der Waals surface area contributed by atoms with E-state index >= 15 is 0 Å². The Hall–Kier alpha value is -1.47. The third-order valence-corrected chi connectivity index (χ3v) is 4.63. The van der Waals surface area contributed by atoms with Crippen LogP contribution in [0.1, 0.15) is 18.9 Å². The van der Waals surface area contributed by atoms with Crippen molar-refractivity contribution in [3.05, 3.63) is 52.0 Å². The number of nitrogens with one attached hydrogen (secondary N) is 1. The van der Waals surface area contributed by atoms with Gasteiger partial charge in [-0.1, -0.05) is 30.1 Å². The van der Waals surface area contributed by atoms with Gasteiger partial charge in [0.2, 0.25) is 10.0 Å². The number of primary sulfonamides is 1. The van der Waals surface area contributed by atoms with E-state index in [-0.39, 0.29) is 4.90 Å². The molecule has 2 rings (SSSR count). The first-order chi connectivity index (χ1) is 11.3. The number of hydrogen-bond acceptors (Lipinski definition) is 4. The molecule has 130 valence electrons. The van der Waals surface area contributed by atoms with Gasteiger partial charge in [0.05, 0.1) is 16.5 Å². The van der Waals surface area contributed by atoms with Crippen molar-refractivity contribution in [2.45, 2.75) is 24.8 Å². The highest BCUT2D eigenvalue weighted by Crippen LogP contribution is 2.33. The van der Waals surface area contributed by atoms with Gasteiger partial charge in [-0.3, -0.25) is 0 Å². The molecular weight excluding hydrogens is 371 g/mol. The van der Waals surface area contributed by atoms with Crippen LogP contribution in [0.5, 0.6) is 5.75 Å². The molecule has 0 heterocycles. The second kappa shape index (κ2) is 8.07. The third-order valence-electron chi connectivity index (χ3n) is 3.20. The van der Waals surface area contributed by atoms with Gasteiger partial charge in [0.15, 0.2) is 0 Å². The summed E-state index contributed by atoms with van der Waals surface area (Å²) in [7, 11) is -3.70. The van der Waals surface area contributed by atoms with Crippen molar-refractivity contribution < 1.29 is 13.2 Å². The third kappa shape index (κ3) is 5.01. The number of sulfonamides is 1. The fraction of sp³-hybridized carbons (Fsp3) is 0.250. The number of halogens is 2. The maximum Gasteiger partial charge on any atom is 0.238 e. The largest absolute Gasteiger partial charge is 0.492 e. The minimum atomic E-state index is -3.70. The van der Waals surface area contributed by atoms with Crippen LogP contribution in [0.4, 0.5) is 5.69 Å². The predicted octanol–water partition coefficient (Wildman–Crippen LogP) is 4.04. The molecule has 2 aromatic carbocycles. The topological polar surface area (TPSA) is 81.4 Å². The fourth-order valence-electron chi connectivity index (χ4n) is 2.07. The quantitative estimate of drug-likeness (QED) is 0.749. The average Bonchev–Trinajstić information content (AvgIpc) is 2.51. The van der Waals surface area contributed by atoms with Gasteiger partial charge in [0.1, 0.15) is 5.75 Å². The standard InChI is InChI=1S/C16H18Cl2N2O3S/c1-2-7-23-16-11(8-12(17)9-15(16)18)10-20-13-3-5-14(6-4-13)24(19,21)22/h3-6,8-9,20H,2,7,10H2,1H3,(H2,19,21,22). The van der Waals surface area contributed by atoms with Gasteiger partial charge < -0.3 is 10.1 Å². The molecule has 8 heteroatoms. The Balaban J connectivity index is 2.16. The molecule has 5 nitrogen and oxygen atoms in total. The Kier molecular flexibility index (Phi) is 6.34. The number of nitrogens with two attached hydrogens (primary N) is 1. The maximum atomic E-state index is 11.3. The normalized spacial score (nSPS) is 11.3. The van der Waals surface area contributed by atoms with Crippen molar-refractivity contribution in [2.75, 3.05) is 11.9 Å². The Morgan fingerprint density at radius 2 is 1.83 bits per heavy atom. The number of anilines is 1. The molecule has 0 bridgehead atoms. The van der Waals surface area contributed by atoms with Crippen molar-refractivity contribution in [2.24, 2.45) is 5.14 Å². The fourth-order valence-corrected chi connectivity index (χ4v) is 3.18. The second-order valence-corrected chi connectivity index (χ2v) is 7.55. The van der Waals surface area contributed by atoms with E-state index in [0.29, 0.717) is 28.9 Å². The summed E-state index contributed by atoms with van der Waals surface area (Å²) in [6.45, 7) is 2.99. The highest BCUT2D eigenvalue weighted by atomic mass is 35.5. The van der Waals surface area contributed by atoms with E-state index in [0.717, 1.165) is 17.7 Å². The molecule has 0 unspecified atom stereocenters. The van der Waals surface area contributed by atoms with Gasteiger partial charge in [0, 0.05) is 22.8 Å². The number of ether oxygens (including phenoxy) is 1. The first-order valence-corrected chi connectivity index (χ1v) is 9.59. The Morgan fingerprint density at radius 1 is 1.17 bits per heavy atom. The molecule has 0 saturated carbocycles. The van der Waals surface area contributed by atoms with Gasteiger partial charge in [0.25, 0.3) is 0 Å². The predicted molar refractivity (Wildman–Crippen MR) is 97.4 cm³/mol. The summed E-state index contributed by atoms with van der Waals surface area (Å²) in [4.78, 5) is 0.0609. The SMILES string of the molecule is CCCOc1c(Cl)cc(Cl)cc1CNc1ccc(S(N)(=O)=O)cc1. The Morgan fingerprint density at radius 3 is 2.42 bits per heavy atom. The molecular formula is C16H18Cl2N2O3S. The van der Waals surface area contributed by atoms with E-state index in [1.165, 1.54) is 12.1 Å². The van der Waals surface area contributed by atoms with Crippen LogP contribution >= 0.6 is 23.2 Å². The lowest BCUT2D eigenvalue weighted by Crippen LogP contribution is -2.12. The van der Waals surface area contributed by atoms with Crippen LogP contribution in [0, 0.1) is 0 Å². The molecule has 0 spiro atoms. The van der Waals surface area contributed by atoms with Crippen molar-refractivity contribution in [1.29, 1.82) is 0 Å². The molecule has 0 fully saturated rings. The maximum absolute atomic E-state index is 11.3. The van der Waals surface area contributed by atoms with Crippen LogP contribution in [0.2, 0.25) is 10.0 Å². The van der Waals surface area contributed by atoms with E-state index in [1.54, 1.807) is 24.3 Å². The van der Waals surface area contributed by atoms with Gasteiger partial charge in [-0.15, -0.1) is 0 Å². The number of benzene rings is 2. The number of rotatable bonds is 7. The van der Waals surface area contributed by atoms with Crippen molar-refractivity contribution in [3.8, 4) is 5.75 Å². The highest BCUT2D eigenvalue weighted by Gasteiger charge is 2.11. The highest BCUT2D eigenvalue weighted by molar-refractivity contribution is 7.89. The molecule has 0 aliphatic heterocycles. The second-order valence-electron chi connectivity index (χ2n) is 5.15. The van der Waals surface area contributed by atoms with Gasteiger partial charge in [-0.25, -0.2) is 13.6 Å². The monoisotopic (exact) mass is 388 g/mol. The summed E-state index contributed by atoms with van der Waals surface area (Å²) in [6.07, 6.45) is 0.862. The Bertz CT molecular complexity index is 809. The minimum absolute atomic E-state index is 0.0609. The van der Waals surface area contributed by atoms with Crippen LogP contribution < -0.4 is 15.2 Å². The zero-order chi connectivity index (χ0) is 17.7. The molecule has 0 aliphatic rings. The van der Waals surface area contributed by atoms with E-state index in [9.17, 15) is 8.42 Å². The van der Waals surface area contributed by atoms with Crippen LogP contribution in [-0.2, 0) is 16.6 Å². The van der Waals surface area contributed by atoms with Crippen LogP contribution in [-0.4, -0.2) is 15.0 Å². The Labute approximate surface area is 151 Å². The molecule has 0 atom stereocenters. The van der Waals surface area contributed by atoms with Crippen LogP contribution in [0.25, 0.3) is 0 Å². The van der Waals surface area contributed by atoms with Crippen molar-refractivity contribution in [1.82, 2.24) is 0 Å². The smallest absolute Gasteiger partial charge is 0.238 e. The summed E-state index contributed by atoms with van der Waals surface area (Å²) in [5.74, 6) is 0.594. The van der Waals surface area contributed by atoms with Crippen molar-refractivity contribution >= 4 is 38.9 Å². The zero-order valence-electron chi connectivity index (χ0n) is 13.1. The average molecular weight is 389 g/mol. The minimum Gasteiger partial charge on any atom is -0.492 e. The van der Waals surface area contributed by atoms with Crippen LogP contribution in [0.15, 0.2) is 41.3 Å². The van der Waals surface area contributed by atoms with Gasteiger partial charge in [-0.05, 0) is 42.8 Å². The van der Waals surface area contributed by atoms with Crippen molar-refractivity contribution in [3.63, 3.8) is 0 Å². The van der Waals surface area contributed by atoms with Gasteiger partial charge in [-0.2, -0.15) is 0 Å². The lowest BCUT2D eigenvalue weighted by atomic mass is 10.2.